The Labute approximate surface area is 166 Å². The second-order valence-electron chi connectivity index (χ2n) is 6.60. The molecule has 0 aliphatic heterocycles. The van der Waals surface area contributed by atoms with Crippen LogP contribution < -0.4 is 10.0 Å². The van der Waals surface area contributed by atoms with E-state index in [-0.39, 0.29) is 23.8 Å². The van der Waals surface area contributed by atoms with E-state index in [0.29, 0.717) is 23.9 Å². The van der Waals surface area contributed by atoms with Crippen LogP contribution in [0.5, 0.6) is 0 Å². The number of nitrogens with one attached hydrogen (secondary N) is 2. The van der Waals surface area contributed by atoms with Crippen LogP contribution >= 0.6 is 11.6 Å². The van der Waals surface area contributed by atoms with Crippen molar-refractivity contribution in [1.82, 2.24) is 10.0 Å². The molecule has 0 saturated heterocycles. The lowest BCUT2D eigenvalue weighted by molar-refractivity contribution is -0.120. The van der Waals surface area contributed by atoms with Crippen LogP contribution in [0.4, 0.5) is 0 Å². The van der Waals surface area contributed by atoms with Crippen molar-refractivity contribution < 1.29 is 13.2 Å². The van der Waals surface area contributed by atoms with E-state index in [9.17, 15) is 13.2 Å². The molecule has 0 aromatic heterocycles. The summed E-state index contributed by atoms with van der Waals surface area (Å²) in [7, 11) is -3.61. The van der Waals surface area contributed by atoms with Crippen molar-refractivity contribution in [3.8, 4) is 0 Å². The fraction of sp³-hybridized carbons (Fsp3) is 0.350. The van der Waals surface area contributed by atoms with Crippen LogP contribution in [0.2, 0.25) is 5.02 Å². The van der Waals surface area contributed by atoms with Gasteiger partial charge in [0, 0.05) is 24.5 Å². The number of halogens is 1. The Morgan fingerprint density at radius 1 is 1.00 bits per heavy atom. The normalized spacial score (nSPS) is 11.6. The first kappa shape index (κ1) is 21.4. The van der Waals surface area contributed by atoms with Crippen LogP contribution in [-0.2, 0) is 21.2 Å². The molecule has 0 atom stereocenters. The number of carbonyl (C=O) groups is 1. The number of sulfonamides is 1. The van der Waals surface area contributed by atoms with E-state index in [2.05, 4.69) is 10.0 Å². The van der Waals surface area contributed by atoms with Crippen LogP contribution in [0.25, 0.3) is 0 Å². The van der Waals surface area contributed by atoms with Crippen LogP contribution in [0, 0.1) is 0 Å². The number of hydrogen-bond acceptors (Lipinski definition) is 3. The molecule has 0 aliphatic carbocycles. The molecule has 0 bridgehead atoms. The Morgan fingerprint density at radius 2 is 1.63 bits per heavy atom. The highest BCUT2D eigenvalue weighted by atomic mass is 35.5. The van der Waals surface area contributed by atoms with Gasteiger partial charge >= 0.3 is 0 Å². The third-order valence-corrected chi connectivity index (χ3v) is 5.88. The van der Waals surface area contributed by atoms with Gasteiger partial charge in [-0.1, -0.05) is 49.7 Å². The number of carbonyl (C=O) groups excluding carboxylic acids is 1. The van der Waals surface area contributed by atoms with Crippen molar-refractivity contribution in [3.05, 3.63) is 64.7 Å². The zero-order chi connectivity index (χ0) is 19.9. The fourth-order valence-electron chi connectivity index (χ4n) is 2.50. The van der Waals surface area contributed by atoms with Gasteiger partial charge in [-0.3, -0.25) is 4.79 Å². The zero-order valence-electron chi connectivity index (χ0n) is 15.5. The quantitative estimate of drug-likeness (QED) is 0.666. The summed E-state index contributed by atoms with van der Waals surface area (Å²) in [6.07, 6.45) is 0.779. The Morgan fingerprint density at radius 3 is 2.22 bits per heavy atom. The summed E-state index contributed by atoms with van der Waals surface area (Å²) in [6.45, 7) is 4.64. The summed E-state index contributed by atoms with van der Waals surface area (Å²) in [5.41, 5.74) is 2.15. The summed E-state index contributed by atoms with van der Waals surface area (Å²) >= 11 is 5.83. The lowest BCUT2D eigenvalue weighted by atomic mass is 10.0. The molecule has 0 aliphatic rings. The van der Waals surface area contributed by atoms with Gasteiger partial charge in [0.15, 0.2) is 0 Å². The minimum atomic E-state index is -3.61. The third-order valence-electron chi connectivity index (χ3n) is 4.15. The molecule has 146 valence electrons. The average Bonchev–Trinajstić information content (AvgIpc) is 2.63. The van der Waals surface area contributed by atoms with Gasteiger partial charge in [0.2, 0.25) is 15.9 Å². The first-order valence-electron chi connectivity index (χ1n) is 8.89. The van der Waals surface area contributed by atoms with Gasteiger partial charge in [-0.25, -0.2) is 13.1 Å². The molecule has 2 aromatic carbocycles. The predicted octanol–water partition coefficient (Wildman–Crippen LogP) is 3.49. The van der Waals surface area contributed by atoms with Crippen molar-refractivity contribution in [1.29, 1.82) is 0 Å². The van der Waals surface area contributed by atoms with Gasteiger partial charge in [0.1, 0.15) is 0 Å². The van der Waals surface area contributed by atoms with Crippen molar-refractivity contribution in [2.45, 2.75) is 37.5 Å². The predicted molar refractivity (Wildman–Crippen MR) is 109 cm³/mol. The third kappa shape index (κ3) is 6.97. The van der Waals surface area contributed by atoms with Crippen LogP contribution in [0.1, 0.15) is 37.3 Å². The Hall–Kier alpha value is -1.89. The number of hydrogen-bond donors (Lipinski definition) is 2. The molecule has 1 amide bonds. The van der Waals surface area contributed by atoms with Gasteiger partial charge in [0.05, 0.1) is 4.90 Å². The number of amides is 1. The minimum absolute atomic E-state index is 0.0566. The van der Waals surface area contributed by atoms with E-state index in [4.69, 9.17) is 11.6 Å². The monoisotopic (exact) mass is 408 g/mol. The number of benzene rings is 2. The first-order valence-corrected chi connectivity index (χ1v) is 10.7. The van der Waals surface area contributed by atoms with Gasteiger partial charge in [-0.2, -0.15) is 0 Å². The van der Waals surface area contributed by atoms with Crippen molar-refractivity contribution >= 4 is 27.5 Å². The van der Waals surface area contributed by atoms with Gasteiger partial charge in [-0.05, 0) is 47.7 Å². The van der Waals surface area contributed by atoms with E-state index >= 15 is 0 Å². The molecule has 0 unspecified atom stereocenters. The SMILES string of the molecule is CC(C)c1ccc(S(=O)(=O)NCCC(=O)NCCc2ccc(Cl)cc2)cc1. The van der Waals surface area contributed by atoms with Crippen LogP contribution in [-0.4, -0.2) is 27.4 Å². The molecule has 5 nitrogen and oxygen atoms in total. The summed E-state index contributed by atoms with van der Waals surface area (Å²) in [6, 6.07) is 14.2. The van der Waals surface area contributed by atoms with E-state index in [1.165, 1.54) is 0 Å². The molecule has 0 spiro atoms. The minimum Gasteiger partial charge on any atom is -0.356 e. The van der Waals surface area contributed by atoms with E-state index in [0.717, 1.165) is 11.1 Å². The van der Waals surface area contributed by atoms with Gasteiger partial charge < -0.3 is 5.32 Å². The lowest BCUT2D eigenvalue weighted by Gasteiger charge is -2.09. The molecule has 0 radical (unpaired) electrons. The van der Waals surface area contributed by atoms with E-state index < -0.39 is 10.0 Å². The zero-order valence-corrected chi connectivity index (χ0v) is 17.1. The van der Waals surface area contributed by atoms with Gasteiger partial charge in [0.25, 0.3) is 0 Å². The summed E-state index contributed by atoms with van der Waals surface area (Å²) in [5, 5.41) is 3.46. The maximum atomic E-state index is 12.3. The topological polar surface area (TPSA) is 75.3 Å². The highest BCUT2D eigenvalue weighted by Gasteiger charge is 2.14. The molecule has 2 rings (SSSR count). The van der Waals surface area contributed by atoms with Gasteiger partial charge in [-0.15, -0.1) is 0 Å². The second kappa shape index (κ2) is 9.88. The van der Waals surface area contributed by atoms with Crippen LogP contribution in [0.3, 0.4) is 0 Å². The molecule has 27 heavy (non-hydrogen) atoms. The molecule has 2 N–H and O–H groups in total. The van der Waals surface area contributed by atoms with Crippen molar-refractivity contribution in [2.24, 2.45) is 0 Å². The molecular weight excluding hydrogens is 384 g/mol. The Balaban J connectivity index is 1.73. The largest absolute Gasteiger partial charge is 0.356 e. The second-order valence-corrected chi connectivity index (χ2v) is 8.80. The molecule has 0 heterocycles. The summed E-state index contributed by atoms with van der Waals surface area (Å²) < 4.78 is 27.0. The van der Waals surface area contributed by atoms with Crippen molar-refractivity contribution in [3.63, 3.8) is 0 Å². The highest BCUT2D eigenvalue weighted by molar-refractivity contribution is 7.89. The van der Waals surface area contributed by atoms with Crippen molar-refractivity contribution in [2.75, 3.05) is 13.1 Å². The molecule has 0 saturated carbocycles. The number of rotatable bonds is 9. The maximum absolute atomic E-state index is 12.3. The molecule has 2 aromatic rings. The Bertz CT molecular complexity index is 848. The first-order chi connectivity index (χ1) is 12.8. The smallest absolute Gasteiger partial charge is 0.240 e. The molecular formula is C20H25ClN2O3S. The average molecular weight is 409 g/mol. The lowest BCUT2D eigenvalue weighted by Crippen LogP contribution is -2.31. The molecule has 0 fully saturated rings. The van der Waals surface area contributed by atoms with Crippen LogP contribution in [0.15, 0.2) is 53.4 Å². The molecule has 7 heteroatoms. The standard InChI is InChI=1S/C20H25ClN2O3S/c1-15(2)17-5-9-19(10-6-17)27(25,26)23-14-12-20(24)22-13-11-16-3-7-18(21)8-4-16/h3-10,15,23H,11-14H2,1-2H3,(H,22,24). The summed E-state index contributed by atoms with van der Waals surface area (Å²) in [5.74, 6) is 0.146. The summed E-state index contributed by atoms with van der Waals surface area (Å²) in [4.78, 5) is 12.1. The fourth-order valence-corrected chi connectivity index (χ4v) is 3.66. The van der Waals surface area contributed by atoms with E-state index in [1.807, 2.05) is 38.1 Å². The van der Waals surface area contributed by atoms with E-state index in [1.54, 1.807) is 24.3 Å². The Kier molecular flexibility index (Phi) is 7.83. The highest BCUT2D eigenvalue weighted by Crippen LogP contribution is 2.17. The maximum Gasteiger partial charge on any atom is 0.240 e.